The van der Waals surface area contributed by atoms with Gasteiger partial charge in [-0.1, -0.05) is 0 Å². The van der Waals surface area contributed by atoms with E-state index in [-0.39, 0.29) is 5.91 Å². The molecule has 0 N–H and O–H groups in total. The average Bonchev–Trinajstić information content (AvgIpc) is 2.56. The van der Waals surface area contributed by atoms with Gasteiger partial charge >= 0.3 is 5.97 Å². The summed E-state index contributed by atoms with van der Waals surface area (Å²) in [5.74, 6) is -0.746. The maximum atomic E-state index is 13.2. The summed E-state index contributed by atoms with van der Waals surface area (Å²) < 4.78 is 23.4. The predicted octanol–water partition coefficient (Wildman–Crippen LogP) is 3.06. The average molecular weight is 315 g/mol. The summed E-state index contributed by atoms with van der Waals surface area (Å²) in [7, 11) is 1.28. The zero-order valence-corrected chi connectivity index (χ0v) is 12.6. The summed E-state index contributed by atoms with van der Waals surface area (Å²) in [4.78, 5) is 25.6. The fourth-order valence-electron chi connectivity index (χ4n) is 2.43. The van der Waals surface area contributed by atoms with Crippen LogP contribution in [0.15, 0.2) is 42.5 Å². The van der Waals surface area contributed by atoms with Crippen LogP contribution in [0.3, 0.4) is 0 Å². The van der Waals surface area contributed by atoms with Crippen LogP contribution >= 0.6 is 0 Å². The molecule has 0 saturated carbocycles. The largest absolute Gasteiger partial charge is 0.479 e. The van der Waals surface area contributed by atoms with Gasteiger partial charge in [0.2, 0.25) is 0 Å². The van der Waals surface area contributed by atoms with Gasteiger partial charge in [-0.05, 0) is 49.4 Å². The Balaban J connectivity index is 2.14. The van der Waals surface area contributed by atoms with E-state index in [1.807, 2.05) is 0 Å². The molecule has 1 atom stereocenters. The van der Waals surface area contributed by atoms with Crippen molar-refractivity contribution in [1.29, 1.82) is 0 Å². The molecule has 0 aliphatic carbocycles. The number of amides is 1. The number of benzene rings is 2. The number of methoxy groups -OCH3 is 1. The zero-order valence-electron chi connectivity index (χ0n) is 12.6. The maximum Gasteiger partial charge on any atom is 0.337 e. The fourth-order valence-corrected chi connectivity index (χ4v) is 2.43. The number of carbonyl (C=O) groups is 2. The van der Waals surface area contributed by atoms with E-state index in [2.05, 4.69) is 0 Å². The van der Waals surface area contributed by atoms with Crippen LogP contribution in [0.2, 0.25) is 0 Å². The van der Waals surface area contributed by atoms with Crippen molar-refractivity contribution in [3.05, 3.63) is 53.8 Å². The van der Waals surface area contributed by atoms with Gasteiger partial charge in [-0.2, -0.15) is 0 Å². The maximum absolute atomic E-state index is 13.2. The van der Waals surface area contributed by atoms with Gasteiger partial charge in [-0.25, -0.2) is 9.18 Å². The molecule has 0 spiro atoms. The van der Waals surface area contributed by atoms with Crippen LogP contribution in [-0.4, -0.2) is 25.1 Å². The van der Waals surface area contributed by atoms with Crippen LogP contribution in [0.1, 0.15) is 17.3 Å². The molecule has 0 bridgehead atoms. The number of anilines is 2. The number of ether oxygens (including phenoxy) is 2. The van der Waals surface area contributed by atoms with Crippen molar-refractivity contribution < 1.29 is 23.5 Å². The Hall–Kier alpha value is -2.89. The van der Waals surface area contributed by atoms with Crippen LogP contribution in [-0.2, 0) is 9.53 Å². The number of nitrogens with zero attached hydrogens (tertiary/aromatic N) is 1. The highest BCUT2D eigenvalue weighted by atomic mass is 19.1. The first kappa shape index (κ1) is 15.0. The Morgan fingerprint density at radius 3 is 2.57 bits per heavy atom. The van der Waals surface area contributed by atoms with Gasteiger partial charge < -0.3 is 9.47 Å². The molecule has 6 heteroatoms. The Bertz CT molecular complexity index is 773. The lowest BCUT2D eigenvalue weighted by molar-refractivity contribution is -0.124. The topological polar surface area (TPSA) is 55.8 Å². The van der Waals surface area contributed by atoms with Crippen molar-refractivity contribution in [2.75, 3.05) is 12.0 Å². The Morgan fingerprint density at radius 1 is 1.22 bits per heavy atom. The van der Waals surface area contributed by atoms with E-state index in [1.54, 1.807) is 19.1 Å². The van der Waals surface area contributed by atoms with Gasteiger partial charge in [-0.3, -0.25) is 9.69 Å². The number of rotatable bonds is 2. The van der Waals surface area contributed by atoms with Crippen molar-refractivity contribution in [2.45, 2.75) is 13.0 Å². The van der Waals surface area contributed by atoms with E-state index in [0.29, 0.717) is 22.7 Å². The van der Waals surface area contributed by atoms with Crippen LogP contribution in [0.5, 0.6) is 5.75 Å². The summed E-state index contributed by atoms with van der Waals surface area (Å²) in [5.41, 5.74) is 1.21. The molecule has 0 radical (unpaired) electrons. The first-order valence-corrected chi connectivity index (χ1v) is 7.00. The van der Waals surface area contributed by atoms with Gasteiger partial charge in [0.05, 0.1) is 18.4 Å². The predicted molar refractivity (Wildman–Crippen MR) is 81.4 cm³/mol. The second-order valence-electron chi connectivity index (χ2n) is 5.08. The highest BCUT2D eigenvalue weighted by Gasteiger charge is 2.33. The lowest BCUT2D eigenvalue weighted by atomic mass is 10.1. The van der Waals surface area contributed by atoms with Crippen LogP contribution in [0, 0.1) is 5.82 Å². The van der Waals surface area contributed by atoms with E-state index in [9.17, 15) is 14.0 Å². The van der Waals surface area contributed by atoms with E-state index in [4.69, 9.17) is 9.47 Å². The van der Waals surface area contributed by atoms with Crippen molar-refractivity contribution in [1.82, 2.24) is 0 Å². The van der Waals surface area contributed by atoms with Gasteiger partial charge in [0.25, 0.3) is 5.91 Å². The van der Waals surface area contributed by atoms with Crippen molar-refractivity contribution >= 4 is 23.3 Å². The van der Waals surface area contributed by atoms with Crippen molar-refractivity contribution in [3.63, 3.8) is 0 Å². The molecule has 5 nitrogen and oxygen atoms in total. The molecule has 1 heterocycles. The van der Waals surface area contributed by atoms with Crippen molar-refractivity contribution in [3.8, 4) is 5.75 Å². The molecule has 1 aliphatic rings. The van der Waals surface area contributed by atoms with E-state index >= 15 is 0 Å². The first-order valence-electron chi connectivity index (χ1n) is 7.00. The molecule has 2 aromatic rings. The van der Waals surface area contributed by atoms with E-state index < -0.39 is 17.9 Å². The van der Waals surface area contributed by atoms with E-state index in [0.717, 1.165) is 0 Å². The van der Waals surface area contributed by atoms with E-state index in [1.165, 1.54) is 42.3 Å². The third kappa shape index (κ3) is 2.63. The summed E-state index contributed by atoms with van der Waals surface area (Å²) in [6, 6.07) is 10.2. The van der Waals surface area contributed by atoms with Crippen LogP contribution in [0.4, 0.5) is 15.8 Å². The summed E-state index contributed by atoms with van der Waals surface area (Å²) in [5, 5.41) is 0. The standard InChI is InChI=1S/C17H14FNO4/c1-10-16(20)19(13-6-4-12(18)5-7-13)14-9-11(17(21)22-2)3-8-15(14)23-10/h3-10H,1-2H3. The fraction of sp³-hybridized carbons (Fsp3) is 0.176. The molecule has 118 valence electrons. The molecule has 0 saturated heterocycles. The molecule has 1 unspecified atom stereocenters. The van der Waals surface area contributed by atoms with Gasteiger partial charge in [0.1, 0.15) is 11.6 Å². The highest BCUT2D eigenvalue weighted by Crippen LogP contribution is 2.39. The lowest BCUT2D eigenvalue weighted by Crippen LogP contribution is -2.41. The quantitative estimate of drug-likeness (QED) is 0.799. The van der Waals surface area contributed by atoms with Gasteiger partial charge in [0, 0.05) is 5.69 Å². The number of hydrogen-bond acceptors (Lipinski definition) is 4. The van der Waals surface area contributed by atoms with Gasteiger partial charge in [0.15, 0.2) is 6.10 Å². The molecule has 1 amide bonds. The summed E-state index contributed by atoms with van der Waals surface area (Å²) in [6.07, 6.45) is -0.684. The normalized spacial score (nSPS) is 16.6. The second-order valence-corrected chi connectivity index (χ2v) is 5.08. The van der Waals surface area contributed by atoms with Crippen molar-refractivity contribution in [2.24, 2.45) is 0 Å². The number of esters is 1. The summed E-state index contributed by atoms with van der Waals surface area (Å²) in [6.45, 7) is 1.63. The minimum absolute atomic E-state index is 0.296. The molecule has 2 aromatic carbocycles. The van der Waals surface area contributed by atoms with Gasteiger partial charge in [-0.15, -0.1) is 0 Å². The lowest BCUT2D eigenvalue weighted by Gasteiger charge is -2.33. The molecular formula is C17H14FNO4. The molecule has 3 rings (SSSR count). The molecule has 0 fully saturated rings. The Kier molecular flexibility index (Phi) is 3.73. The van der Waals surface area contributed by atoms with Crippen LogP contribution < -0.4 is 9.64 Å². The number of halogens is 1. The number of hydrogen-bond donors (Lipinski definition) is 0. The third-order valence-electron chi connectivity index (χ3n) is 3.58. The molecule has 0 aromatic heterocycles. The van der Waals surface area contributed by atoms with Crippen LogP contribution in [0.25, 0.3) is 0 Å². The third-order valence-corrected chi connectivity index (χ3v) is 3.58. The first-order chi connectivity index (χ1) is 11.0. The second kappa shape index (κ2) is 5.72. The number of carbonyl (C=O) groups excluding carboxylic acids is 2. The minimum Gasteiger partial charge on any atom is -0.479 e. The summed E-state index contributed by atoms with van der Waals surface area (Å²) >= 11 is 0. The highest BCUT2D eigenvalue weighted by molar-refractivity contribution is 6.06. The monoisotopic (exact) mass is 315 g/mol. The minimum atomic E-state index is -0.684. The zero-order chi connectivity index (χ0) is 16.6. The number of fused-ring (bicyclic) bond motifs is 1. The Morgan fingerprint density at radius 2 is 1.91 bits per heavy atom. The molecule has 23 heavy (non-hydrogen) atoms. The molecular weight excluding hydrogens is 301 g/mol. The Labute approximate surface area is 132 Å². The smallest absolute Gasteiger partial charge is 0.337 e. The SMILES string of the molecule is COC(=O)c1ccc2c(c1)N(c1ccc(F)cc1)C(=O)C(C)O2. The molecule has 1 aliphatic heterocycles.